The molecular weight excluding hydrogens is 100 g/mol. The molecule has 2 nitrogen and oxygen atoms in total. The molecule has 0 aliphatic rings. The molecule has 0 fully saturated rings. The van der Waals surface area contributed by atoms with Gasteiger partial charge in [0.25, 0.3) is 0 Å². The molecule has 0 aromatic rings. The molecule has 46 valence electrons. The molecule has 0 radical (unpaired) electrons. The van der Waals surface area contributed by atoms with Crippen molar-refractivity contribution in [3.05, 3.63) is 12.7 Å². The normalized spacial score (nSPS) is 8.62. The summed E-state index contributed by atoms with van der Waals surface area (Å²) in [5, 5.41) is 7.14. The fourth-order valence-electron chi connectivity index (χ4n) is 0.451. The summed E-state index contributed by atoms with van der Waals surface area (Å²) < 4.78 is 0. The van der Waals surface area contributed by atoms with Crippen molar-refractivity contribution < 1.29 is 0 Å². The van der Waals surface area contributed by atoms with Gasteiger partial charge in [0.2, 0.25) is 0 Å². The zero-order valence-corrected chi connectivity index (χ0v) is 4.98. The molecule has 0 saturated carbocycles. The maximum Gasteiger partial charge on any atom is 0.0139 e. The monoisotopic (exact) mass is 112 g/mol. The predicted molar refractivity (Wildman–Crippen MR) is 36.2 cm³/mol. The van der Waals surface area contributed by atoms with E-state index in [0.29, 0.717) is 25.1 Å². The van der Waals surface area contributed by atoms with Crippen molar-refractivity contribution in [2.75, 3.05) is 6.54 Å². The van der Waals surface area contributed by atoms with Crippen LogP contribution >= 0.6 is 0 Å². The smallest absolute Gasteiger partial charge is 0.0139 e. The Hall–Kier alpha value is -0.630. The first-order valence-electron chi connectivity index (χ1n) is 2.68. The zero-order valence-electron chi connectivity index (χ0n) is 4.98. The van der Waals surface area contributed by atoms with E-state index in [1.165, 1.54) is 0 Å². The standard InChI is InChI=1S/C6H12N2/c1-2-3-6(8)4-5-7/h2,8H,1,3-5,7H2. The van der Waals surface area contributed by atoms with Gasteiger partial charge in [0, 0.05) is 12.1 Å². The first kappa shape index (κ1) is 7.37. The molecule has 0 aromatic heterocycles. The molecule has 0 bridgehead atoms. The highest BCUT2D eigenvalue weighted by molar-refractivity contribution is 5.82. The second-order valence-corrected chi connectivity index (χ2v) is 1.64. The van der Waals surface area contributed by atoms with Gasteiger partial charge < -0.3 is 11.1 Å². The molecule has 0 heterocycles. The number of allylic oxidation sites excluding steroid dienone is 1. The van der Waals surface area contributed by atoms with E-state index in [9.17, 15) is 0 Å². The third kappa shape index (κ3) is 3.56. The van der Waals surface area contributed by atoms with Crippen LogP contribution in [0.15, 0.2) is 12.7 Å². The van der Waals surface area contributed by atoms with E-state index in [1.807, 2.05) is 0 Å². The fourth-order valence-corrected chi connectivity index (χ4v) is 0.451. The molecule has 0 saturated heterocycles. The van der Waals surface area contributed by atoms with Crippen molar-refractivity contribution in [1.82, 2.24) is 0 Å². The van der Waals surface area contributed by atoms with Crippen LogP contribution in [0.1, 0.15) is 12.8 Å². The largest absolute Gasteiger partial charge is 0.330 e. The van der Waals surface area contributed by atoms with E-state index in [1.54, 1.807) is 6.08 Å². The third-order valence-electron chi connectivity index (χ3n) is 0.837. The van der Waals surface area contributed by atoms with E-state index in [2.05, 4.69) is 6.58 Å². The topological polar surface area (TPSA) is 49.9 Å². The second-order valence-electron chi connectivity index (χ2n) is 1.64. The van der Waals surface area contributed by atoms with Gasteiger partial charge in [-0.2, -0.15) is 0 Å². The lowest BCUT2D eigenvalue weighted by molar-refractivity contribution is 1.02. The lowest BCUT2D eigenvalue weighted by atomic mass is 10.2. The molecule has 0 aromatic carbocycles. The molecular formula is C6H12N2. The molecule has 0 amide bonds. The van der Waals surface area contributed by atoms with Crippen LogP contribution in [-0.4, -0.2) is 12.3 Å². The molecule has 0 aliphatic carbocycles. The van der Waals surface area contributed by atoms with Crippen LogP contribution in [0.25, 0.3) is 0 Å². The summed E-state index contributed by atoms with van der Waals surface area (Å²) >= 11 is 0. The van der Waals surface area contributed by atoms with Gasteiger partial charge >= 0.3 is 0 Å². The number of nitrogens with one attached hydrogen (secondary N) is 1. The van der Waals surface area contributed by atoms with Crippen LogP contribution in [0.2, 0.25) is 0 Å². The lowest BCUT2D eigenvalue weighted by Gasteiger charge is -1.93. The summed E-state index contributed by atoms with van der Waals surface area (Å²) in [6, 6.07) is 0. The highest BCUT2D eigenvalue weighted by Crippen LogP contribution is 1.87. The van der Waals surface area contributed by atoms with Gasteiger partial charge in [0.15, 0.2) is 0 Å². The van der Waals surface area contributed by atoms with E-state index in [0.717, 1.165) is 0 Å². The van der Waals surface area contributed by atoms with Crippen LogP contribution in [-0.2, 0) is 0 Å². The molecule has 0 rings (SSSR count). The summed E-state index contributed by atoms with van der Waals surface area (Å²) in [6.07, 6.45) is 3.10. The number of hydrogen-bond acceptors (Lipinski definition) is 2. The number of nitrogens with two attached hydrogens (primary N) is 1. The van der Waals surface area contributed by atoms with Gasteiger partial charge in [0.1, 0.15) is 0 Å². The summed E-state index contributed by atoms with van der Waals surface area (Å²) in [4.78, 5) is 0. The zero-order chi connectivity index (χ0) is 6.41. The average molecular weight is 112 g/mol. The maximum atomic E-state index is 7.14. The Morgan fingerprint density at radius 2 is 2.38 bits per heavy atom. The van der Waals surface area contributed by atoms with Crippen molar-refractivity contribution in [2.24, 2.45) is 5.73 Å². The predicted octanol–water partition coefficient (Wildman–Crippen LogP) is 0.931. The number of rotatable bonds is 4. The minimum absolute atomic E-state index is 0.576. The minimum atomic E-state index is 0.576. The van der Waals surface area contributed by atoms with Crippen LogP contribution < -0.4 is 5.73 Å². The van der Waals surface area contributed by atoms with E-state index in [4.69, 9.17) is 11.1 Å². The van der Waals surface area contributed by atoms with E-state index < -0.39 is 0 Å². The Morgan fingerprint density at radius 1 is 1.75 bits per heavy atom. The van der Waals surface area contributed by atoms with Gasteiger partial charge in [-0.3, -0.25) is 0 Å². The van der Waals surface area contributed by atoms with Crippen molar-refractivity contribution in [3.63, 3.8) is 0 Å². The van der Waals surface area contributed by atoms with Gasteiger partial charge in [-0.25, -0.2) is 0 Å². The van der Waals surface area contributed by atoms with Crippen molar-refractivity contribution in [2.45, 2.75) is 12.8 Å². The molecule has 0 unspecified atom stereocenters. The number of hydrogen-bond donors (Lipinski definition) is 2. The highest BCUT2D eigenvalue weighted by atomic mass is 14.5. The SMILES string of the molecule is C=CCC(=N)CCN. The van der Waals surface area contributed by atoms with Gasteiger partial charge in [0.05, 0.1) is 0 Å². The second kappa shape index (κ2) is 4.53. The van der Waals surface area contributed by atoms with Crippen LogP contribution in [0.5, 0.6) is 0 Å². The minimum Gasteiger partial charge on any atom is -0.330 e. The Kier molecular flexibility index (Phi) is 4.17. The van der Waals surface area contributed by atoms with Gasteiger partial charge in [-0.15, -0.1) is 6.58 Å². The Balaban J connectivity index is 3.18. The highest BCUT2D eigenvalue weighted by Gasteiger charge is 1.88. The van der Waals surface area contributed by atoms with Crippen LogP contribution in [0, 0.1) is 5.41 Å². The average Bonchev–Trinajstić information content (AvgIpc) is 1.68. The van der Waals surface area contributed by atoms with Crippen molar-refractivity contribution in [1.29, 1.82) is 5.41 Å². The van der Waals surface area contributed by atoms with Crippen molar-refractivity contribution >= 4 is 5.71 Å². The molecule has 0 spiro atoms. The molecule has 0 aliphatic heterocycles. The summed E-state index contributed by atoms with van der Waals surface area (Å²) in [5.41, 5.74) is 5.85. The Labute approximate surface area is 49.9 Å². The summed E-state index contributed by atoms with van der Waals surface area (Å²) in [6.45, 7) is 4.08. The summed E-state index contributed by atoms with van der Waals surface area (Å²) in [5.74, 6) is 0. The quantitative estimate of drug-likeness (QED) is 0.412. The van der Waals surface area contributed by atoms with Crippen LogP contribution in [0.4, 0.5) is 0 Å². The fraction of sp³-hybridized carbons (Fsp3) is 0.500. The maximum absolute atomic E-state index is 7.14. The van der Waals surface area contributed by atoms with Gasteiger partial charge in [-0.05, 0) is 13.0 Å². The molecule has 2 heteroatoms. The summed E-state index contributed by atoms with van der Waals surface area (Å²) in [7, 11) is 0. The first-order valence-corrected chi connectivity index (χ1v) is 2.68. The Bertz CT molecular complexity index is 86.5. The molecule has 3 N–H and O–H groups in total. The van der Waals surface area contributed by atoms with Crippen LogP contribution in [0.3, 0.4) is 0 Å². The first-order chi connectivity index (χ1) is 3.81. The van der Waals surface area contributed by atoms with E-state index >= 15 is 0 Å². The third-order valence-corrected chi connectivity index (χ3v) is 0.837. The van der Waals surface area contributed by atoms with Gasteiger partial charge in [-0.1, -0.05) is 6.08 Å². The van der Waals surface area contributed by atoms with E-state index in [-0.39, 0.29) is 0 Å². The Morgan fingerprint density at radius 3 is 2.75 bits per heavy atom. The molecule has 0 atom stereocenters. The molecule has 8 heavy (non-hydrogen) atoms. The van der Waals surface area contributed by atoms with Crippen molar-refractivity contribution in [3.8, 4) is 0 Å². The lowest BCUT2D eigenvalue weighted by Crippen LogP contribution is -2.05.